The molecule has 0 amide bonds. The second-order valence-electron chi connectivity index (χ2n) is 9.61. The number of hydrogen-bond acceptors (Lipinski definition) is 5. The van der Waals surface area contributed by atoms with Crippen molar-refractivity contribution in [1.29, 1.82) is 0 Å². The molecule has 0 bridgehead atoms. The Bertz CT molecular complexity index is 816. The summed E-state index contributed by atoms with van der Waals surface area (Å²) in [5.41, 5.74) is 2.16. The van der Waals surface area contributed by atoms with Crippen LogP contribution < -0.4 is 0 Å². The Morgan fingerprint density at radius 3 is 1.47 bits per heavy atom. The zero-order chi connectivity index (χ0) is 26.6. The molecule has 0 radical (unpaired) electrons. The molecule has 2 aromatic rings. The van der Waals surface area contributed by atoms with Crippen LogP contribution in [-0.2, 0) is 9.53 Å². The Labute approximate surface area is 223 Å². The highest BCUT2D eigenvalue weighted by molar-refractivity contribution is 7.99. The van der Waals surface area contributed by atoms with Crippen molar-refractivity contribution in [2.24, 2.45) is 0 Å². The first-order valence-electron chi connectivity index (χ1n) is 13.7. The highest BCUT2D eigenvalue weighted by Gasteiger charge is 2.08. The van der Waals surface area contributed by atoms with Crippen LogP contribution in [0.2, 0.25) is 0 Å². The highest BCUT2D eigenvalue weighted by atomic mass is 32.2. The Kier molecular flexibility index (Phi) is 17.7. The summed E-state index contributed by atoms with van der Waals surface area (Å²) in [5, 5.41) is 19.5. The van der Waals surface area contributed by atoms with E-state index >= 15 is 0 Å². The van der Waals surface area contributed by atoms with E-state index in [1.165, 1.54) is 95.9 Å². The number of esters is 1. The summed E-state index contributed by atoms with van der Waals surface area (Å²) in [6, 6.07) is 10.9. The number of phenolic OH excluding ortho intramolecular Hbond substituents is 2. The van der Waals surface area contributed by atoms with Gasteiger partial charge < -0.3 is 14.9 Å². The van der Waals surface area contributed by atoms with E-state index in [1.807, 2.05) is 38.1 Å². The van der Waals surface area contributed by atoms with E-state index in [2.05, 4.69) is 11.7 Å². The molecule has 0 aliphatic heterocycles. The van der Waals surface area contributed by atoms with Crippen molar-refractivity contribution < 1.29 is 19.7 Å². The van der Waals surface area contributed by atoms with Crippen LogP contribution in [0.4, 0.5) is 0 Å². The predicted molar refractivity (Wildman–Crippen MR) is 152 cm³/mol. The van der Waals surface area contributed by atoms with Crippen LogP contribution in [0.3, 0.4) is 0 Å². The van der Waals surface area contributed by atoms with E-state index in [9.17, 15) is 15.0 Å². The molecule has 0 saturated heterocycles. The molecule has 2 rings (SSSR count). The molecular formula is C31H48O4S. The smallest absolute Gasteiger partial charge is 0.305 e. The van der Waals surface area contributed by atoms with Crippen molar-refractivity contribution in [3.8, 4) is 11.5 Å². The average Bonchev–Trinajstić information content (AvgIpc) is 2.86. The van der Waals surface area contributed by atoms with Gasteiger partial charge in [-0.15, -0.1) is 0 Å². The topological polar surface area (TPSA) is 66.8 Å². The first-order valence-corrected chi connectivity index (χ1v) is 14.5. The Hall–Kier alpha value is -2.14. The Morgan fingerprint density at radius 1 is 0.694 bits per heavy atom. The largest absolute Gasteiger partial charge is 0.507 e. The number of aromatic hydroxyl groups is 2. The minimum atomic E-state index is -0.0666. The SMILES string of the molecule is CCCCCCCCCCCCCCCC(=O)OC.Cc1ccc(O)c(Sc2cc(C)ccc2O)c1. The van der Waals surface area contributed by atoms with Crippen LogP contribution in [0.1, 0.15) is 108 Å². The molecule has 2 N–H and O–H groups in total. The van der Waals surface area contributed by atoms with Crippen LogP contribution in [-0.4, -0.2) is 23.3 Å². The van der Waals surface area contributed by atoms with E-state index in [4.69, 9.17) is 0 Å². The van der Waals surface area contributed by atoms with Gasteiger partial charge in [-0.2, -0.15) is 0 Å². The standard InChI is InChI=1S/C17H34O2.C14H14O2S/c1-3-4-5-6-7-8-9-10-11-12-13-14-15-16-17(18)19-2;1-9-3-5-11(15)13(7-9)17-14-8-10(2)4-6-12(14)16/h3-16H2,1-2H3;3-8,15-16H,1-2H3. The maximum absolute atomic E-state index is 10.9. The first-order chi connectivity index (χ1) is 17.4. The number of phenols is 2. The van der Waals surface area contributed by atoms with Gasteiger partial charge in [0.05, 0.1) is 16.9 Å². The molecule has 0 aliphatic carbocycles. The maximum atomic E-state index is 10.9. The molecule has 0 unspecified atom stereocenters. The summed E-state index contributed by atoms with van der Waals surface area (Å²) in [7, 11) is 1.46. The van der Waals surface area contributed by atoms with Crippen LogP contribution >= 0.6 is 11.8 Å². The molecule has 0 fully saturated rings. The number of rotatable bonds is 16. The molecular weight excluding hydrogens is 468 g/mol. The molecule has 5 heteroatoms. The number of carbonyl (C=O) groups excluding carboxylic acids is 1. The minimum absolute atomic E-state index is 0.0666. The molecule has 2 aromatic carbocycles. The monoisotopic (exact) mass is 516 g/mol. The lowest BCUT2D eigenvalue weighted by Gasteiger charge is -2.08. The van der Waals surface area contributed by atoms with E-state index in [0.29, 0.717) is 6.42 Å². The molecule has 0 atom stereocenters. The normalized spacial score (nSPS) is 10.6. The molecule has 202 valence electrons. The molecule has 0 heterocycles. The summed E-state index contributed by atoms with van der Waals surface area (Å²) in [6.45, 7) is 6.21. The number of benzene rings is 2. The average molecular weight is 517 g/mol. The van der Waals surface area contributed by atoms with E-state index in [1.54, 1.807) is 12.1 Å². The zero-order valence-corrected chi connectivity index (χ0v) is 23.8. The maximum Gasteiger partial charge on any atom is 0.305 e. The fraction of sp³-hybridized carbons (Fsp3) is 0.581. The number of carbonyl (C=O) groups is 1. The van der Waals surface area contributed by atoms with E-state index in [-0.39, 0.29) is 17.5 Å². The van der Waals surface area contributed by atoms with Gasteiger partial charge >= 0.3 is 5.97 Å². The summed E-state index contributed by atoms with van der Waals surface area (Å²) < 4.78 is 4.62. The fourth-order valence-electron chi connectivity index (χ4n) is 3.91. The number of methoxy groups -OCH3 is 1. The van der Waals surface area contributed by atoms with E-state index in [0.717, 1.165) is 27.3 Å². The molecule has 4 nitrogen and oxygen atoms in total. The van der Waals surface area contributed by atoms with Gasteiger partial charge in [0, 0.05) is 6.42 Å². The third-order valence-electron chi connectivity index (χ3n) is 6.16. The Balaban J connectivity index is 0.000000361. The Morgan fingerprint density at radius 2 is 1.08 bits per heavy atom. The summed E-state index contributed by atoms with van der Waals surface area (Å²) in [6.07, 6.45) is 18.0. The highest BCUT2D eigenvalue weighted by Crippen LogP contribution is 2.39. The summed E-state index contributed by atoms with van der Waals surface area (Å²) in [5.74, 6) is 0.408. The quantitative estimate of drug-likeness (QED) is 0.172. The van der Waals surface area contributed by atoms with Crippen molar-refractivity contribution in [3.05, 3.63) is 47.5 Å². The molecule has 0 aromatic heterocycles. The number of unbranched alkanes of at least 4 members (excludes halogenated alkanes) is 12. The summed E-state index contributed by atoms with van der Waals surface area (Å²) in [4.78, 5) is 12.4. The molecule has 36 heavy (non-hydrogen) atoms. The number of aryl methyl sites for hydroxylation is 2. The minimum Gasteiger partial charge on any atom is -0.507 e. The van der Waals surface area contributed by atoms with Crippen LogP contribution in [0.15, 0.2) is 46.2 Å². The van der Waals surface area contributed by atoms with Gasteiger partial charge in [-0.25, -0.2) is 0 Å². The van der Waals surface area contributed by atoms with Gasteiger partial charge in [0.1, 0.15) is 11.5 Å². The van der Waals surface area contributed by atoms with Crippen molar-refractivity contribution in [3.63, 3.8) is 0 Å². The van der Waals surface area contributed by atoms with Gasteiger partial charge in [0.15, 0.2) is 0 Å². The van der Waals surface area contributed by atoms with Gasteiger partial charge in [0.2, 0.25) is 0 Å². The molecule has 0 aliphatic rings. The van der Waals surface area contributed by atoms with Gasteiger partial charge in [-0.1, -0.05) is 108 Å². The number of ether oxygens (including phenoxy) is 1. The van der Waals surface area contributed by atoms with Crippen LogP contribution in [0, 0.1) is 13.8 Å². The van der Waals surface area contributed by atoms with Gasteiger partial charge in [-0.3, -0.25) is 4.79 Å². The lowest BCUT2D eigenvalue weighted by atomic mass is 10.0. The van der Waals surface area contributed by atoms with Crippen LogP contribution in [0.5, 0.6) is 11.5 Å². The fourth-order valence-corrected chi connectivity index (χ4v) is 4.99. The van der Waals surface area contributed by atoms with Crippen LogP contribution in [0.25, 0.3) is 0 Å². The van der Waals surface area contributed by atoms with Gasteiger partial charge in [0.25, 0.3) is 0 Å². The van der Waals surface area contributed by atoms with Gasteiger partial charge in [-0.05, 0) is 55.7 Å². The molecule has 0 saturated carbocycles. The predicted octanol–water partition coefficient (Wildman–Crippen LogP) is 9.51. The van der Waals surface area contributed by atoms with E-state index < -0.39 is 0 Å². The second-order valence-corrected chi connectivity index (χ2v) is 10.7. The second kappa shape index (κ2) is 20.0. The van der Waals surface area contributed by atoms with Crippen molar-refractivity contribution in [2.45, 2.75) is 120 Å². The van der Waals surface area contributed by atoms with Crippen molar-refractivity contribution in [2.75, 3.05) is 7.11 Å². The third kappa shape index (κ3) is 15.1. The third-order valence-corrected chi connectivity index (χ3v) is 7.26. The van der Waals surface area contributed by atoms with Crippen molar-refractivity contribution in [1.82, 2.24) is 0 Å². The lowest BCUT2D eigenvalue weighted by molar-refractivity contribution is -0.140. The number of hydrogen-bond donors (Lipinski definition) is 2. The summed E-state index contributed by atoms with van der Waals surface area (Å²) >= 11 is 1.37. The molecule has 0 spiro atoms. The van der Waals surface area contributed by atoms with Crippen molar-refractivity contribution >= 4 is 17.7 Å². The lowest BCUT2D eigenvalue weighted by Crippen LogP contribution is -1.99. The first kappa shape index (κ1) is 31.9. The zero-order valence-electron chi connectivity index (χ0n) is 23.0.